The summed E-state index contributed by atoms with van der Waals surface area (Å²) in [5.74, 6) is 0. The van der Waals surface area contributed by atoms with Gasteiger partial charge in [0.1, 0.15) is 0 Å². The fourth-order valence-electron chi connectivity index (χ4n) is 1.20. The van der Waals surface area contributed by atoms with Crippen LogP contribution in [0.4, 0.5) is 0 Å². The maximum Gasteiger partial charge on any atom is 0.157 e. The molecule has 0 aromatic heterocycles. The summed E-state index contributed by atoms with van der Waals surface area (Å²) in [6, 6.07) is 7.66. The highest BCUT2D eigenvalue weighted by atomic mass is 35.5. The fourth-order valence-corrected chi connectivity index (χ4v) is 1.40. The predicted molar refractivity (Wildman–Crippen MR) is 48.4 cm³/mol. The van der Waals surface area contributed by atoms with Gasteiger partial charge in [-0.25, -0.2) is 0 Å². The van der Waals surface area contributed by atoms with E-state index in [1.54, 1.807) is 6.21 Å². The molecule has 1 unspecified atom stereocenters. The minimum absolute atomic E-state index is 0.0590. The average Bonchev–Trinajstić information content (AvgIpc) is 2.56. The van der Waals surface area contributed by atoms with Gasteiger partial charge in [-0.15, -0.1) is 0 Å². The van der Waals surface area contributed by atoms with E-state index < -0.39 is 0 Å². The molecule has 2 rings (SSSR count). The zero-order chi connectivity index (χ0) is 8.39. The molecule has 0 aliphatic carbocycles. The van der Waals surface area contributed by atoms with Crippen LogP contribution < -0.4 is 0 Å². The van der Waals surface area contributed by atoms with E-state index in [2.05, 4.69) is 5.16 Å². The van der Waals surface area contributed by atoms with Crippen LogP contribution in [0.2, 0.25) is 5.02 Å². The number of hydrogen-bond donors (Lipinski definition) is 0. The van der Waals surface area contributed by atoms with Crippen LogP contribution in [0.15, 0.2) is 29.4 Å². The fraction of sp³-hybridized carbons (Fsp3) is 0.222. The zero-order valence-corrected chi connectivity index (χ0v) is 7.16. The lowest BCUT2D eigenvalue weighted by Crippen LogP contribution is -1.94. The lowest BCUT2D eigenvalue weighted by Gasteiger charge is -2.07. The quantitative estimate of drug-likeness (QED) is 0.653. The first-order chi connectivity index (χ1) is 5.86. The topological polar surface area (TPSA) is 21.6 Å². The Hall–Kier alpha value is -1.02. The van der Waals surface area contributed by atoms with Gasteiger partial charge in [0.05, 0.1) is 0 Å². The second-order valence-electron chi connectivity index (χ2n) is 2.67. The highest BCUT2D eigenvalue weighted by Gasteiger charge is 2.15. The van der Waals surface area contributed by atoms with Crippen LogP contribution in [-0.4, -0.2) is 6.21 Å². The van der Waals surface area contributed by atoms with Gasteiger partial charge < -0.3 is 4.84 Å². The number of benzene rings is 1. The smallest absolute Gasteiger partial charge is 0.157 e. The summed E-state index contributed by atoms with van der Waals surface area (Å²) in [4.78, 5) is 5.10. The van der Waals surface area contributed by atoms with Crippen molar-refractivity contribution in [3.8, 4) is 0 Å². The third-order valence-corrected chi connectivity index (χ3v) is 2.04. The van der Waals surface area contributed by atoms with Crippen molar-refractivity contribution in [3.63, 3.8) is 0 Å². The Morgan fingerprint density at radius 2 is 2.42 bits per heavy atom. The number of halogens is 1. The lowest BCUT2D eigenvalue weighted by molar-refractivity contribution is 0.0858. The molecule has 12 heavy (non-hydrogen) atoms. The van der Waals surface area contributed by atoms with Crippen LogP contribution in [-0.2, 0) is 4.84 Å². The summed E-state index contributed by atoms with van der Waals surface area (Å²) in [5, 5.41) is 4.44. The summed E-state index contributed by atoms with van der Waals surface area (Å²) in [6.45, 7) is 0. The van der Waals surface area contributed by atoms with Crippen LogP contribution in [0.5, 0.6) is 0 Å². The molecular weight excluding hydrogens is 174 g/mol. The molecule has 62 valence electrons. The van der Waals surface area contributed by atoms with E-state index in [9.17, 15) is 0 Å². The summed E-state index contributed by atoms with van der Waals surface area (Å²) in [5.41, 5.74) is 1.08. The molecule has 2 nitrogen and oxygen atoms in total. The molecule has 0 spiro atoms. The van der Waals surface area contributed by atoms with Crippen LogP contribution in [0.1, 0.15) is 18.1 Å². The van der Waals surface area contributed by atoms with Crippen molar-refractivity contribution in [3.05, 3.63) is 34.9 Å². The molecule has 1 aromatic carbocycles. The Labute approximate surface area is 75.8 Å². The van der Waals surface area contributed by atoms with Crippen molar-refractivity contribution >= 4 is 17.8 Å². The summed E-state index contributed by atoms with van der Waals surface area (Å²) < 4.78 is 0. The van der Waals surface area contributed by atoms with Crippen molar-refractivity contribution < 1.29 is 4.84 Å². The van der Waals surface area contributed by atoms with Crippen LogP contribution in [0.3, 0.4) is 0 Å². The molecule has 0 bridgehead atoms. The Balaban J connectivity index is 2.22. The molecule has 0 N–H and O–H groups in total. The van der Waals surface area contributed by atoms with E-state index in [0.717, 1.165) is 17.0 Å². The van der Waals surface area contributed by atoms with Gasteiger partial charge in [0, 0.05) is 17.7 Å². The van der Waals surface area contributed by atoms with E-state index in [-0.39, 0.29) is 6.10 Å². The molecule has 0 amide bonds. The van der Waals surface area contributed by atoms with Crippen molar-refractivity contribution in [2.45, 2.75) is 12.5 Å². The van der Waals surface area contributed by atoms with Gasteiger partial charge in [-0.1, -0.05) is 28.9 Å². The third kappa shape index (κ3) is 1.43. The van der Waals surface area contributed by atoms with Gasteiger partial charge >= 0.3 is 0 Å². The van der Waals surface area contributed by atoms with Gasteiger partial charge in [0.25, 0.3) is 0 Å². The lowest BCUT2D eigenvalue weighted by atomic mass is 10.1. The van der Waals surface area contributed by atoms with Crippen molar-refractivity contribution in [2.75, 3.05) is 0 Å². The van der Waals surface area contributed by atoms with Gasteiger partial charge in [0.15, 0.2) is 6.10 Å². The maximum absolute atomic E-state index is 5.83. The van der Waals surface area contributed by atoms with Gasteiger partial charge in [-0.3, -0.25) is 0 Å². The highest BCUT2D eigenvalue weighted by molar-refractivity contribution is 6.30. The average molecular weight is 182 g/mol. The van der Waals surface area contributed by atoms with Crippen molar-refractivity contribution in [1.29, 1.82) is 0 Å². The first-order valence-electron chi connectivity index (χ1n) is 3.79. The van der Waals surface area contributed by atoms with Crippen LogP contribution >= 0.6 is 11.6 Å². The Bertz CT molecular complexity index is 303. The second kappa shape index (κ2) is 3.15. The van der Waals surface area contributed by atoms with E-state index in [1.807, 2.05) is 24.3 Å². The number of hydrogen-bond acceptors (Lipinski definition) is 2. The van der Waals surface area contributed by atoms with Crippen molar-refractivity contribution in [2.24, 2.45) is 5.16 Å². The normalized spacial score (nSPS) is 20.9. The minimum Gasteiger partial charge on any atom is -0.388 e. The van der Waals surface area contributed by atoms with E-state index in [4.69, 9.17) is 16.4 Å². The molecular formula is C9H8ClNO. The molecule has 0 saturated carbocycles. The molecule has 1 heterocycles. The van der Waals surface area contributed by atoms with Crippen molar-refractivity contribution in [1.82, 2.24) is 0 Å². The zero-order valence-electron chi connectivity index (χ0n) is 6.40. The molecule has 3 heteroatoms. The maximum atomic E-state index is 5.83. The number of rotatable bonds is 1. The Morgan fingerprint density at radius 1 is 1.50 bits per heavy atom. The highest BCUT2D eigenvalue weighted by Crippen LogP contribution is 2.25. The van der Waals surface area contributed by atoms with E-state index in [0.29, 0.717) is 0 Å². The van der Waals surface area contributed by atoms with Crippen LogP contribution in [0.25, 0.3) is 0 Å². The molecule has 1 aromatic rings. The molecule has 1 atom stereocenters. The number of oxime groups is 1. The second-order valence-corrected chi connectivity index (χ2v) is 3.11. The molecule has 0 radical (unpaired) electrons. The molecule has 0 saturated heterocycles. The third-order valence-electron chi connectivity index (χ3n) is 1.80. The minimum atomic E-state index is 0.0590. The summed E-state index contributed by atoms with van der Waals surface area (Å²) >= 11 is 5.83. The number of nitrogens with zero attached hydrogens (tertiary/aromatic N) is 1. The standard InChI is InChI=1S/C9H8ClNO/c10-8-3-1-2-7(6-8)9-4-5-11-12-9/h1-3,5-6,9H,4H2. The molecule has 0 fully saturated rings. The first-order valence-corrected chi connectivity index (χ1v) is 4.17. The predicted octanol–water partition coefficient (Wildman–Crippen LogP) is 2.79. The van der Waals surface area contributed by atoms with Gasteiger partial charge in [-0.05, 0) is 17.7 Å². The van der Waals surface area contributed by atoms with Gasteiger partial charge in [0.2, 0.25) is 0 Å². The van der Waals surface area contributed by atoms with Gasteiger partial charge in [-0.2, -0.15) is 0 Å². The monoisotopic (exact) mass is 181 g/mol. The van der Waals surface area contributed by atoms with Crippen LogP contribution in [0, 0.1) is 0 Å². The Morgan fingerprint density at radius 3 is 3.08 bits per heavy atom. The summed E-state index contributed by atoms with van der Waals surface area (Å²) in [6.07, 6.45) is 2.66. The largest absolute Gasteiger partial charge is 0.388 e. The van der Waals surface area contributed by atoms with E-state index in [1.165, 1.54) is 0 Å². The Kier molecular flexibility index (Phi) is 2.00. The summed E-state index contributed by atoms with van der Waals surface area (Å²) in [7, 11) is 0. The molecule has 1 aliphatic rings. The SMILES string of the molecule is Clc1cccc(C2CC=NO2)c1. The molecule has 1 aliphatic heterocycles. The van der Waals surface area contributed by atoms with E-state index >= 15 is 0 Å². The first kappa shape index (κ1) is 7.62.